The number of rotatable bonds is 21. The molecule has 213 valence electrons. The molecule has 1 rings (SSSR count). The van der Waals surface area contributed by atoms with Crippen LogP contribution in [0.5, 0.6) is 0 Å². The summed E-state index contributed by atoms with van der Waals surface area (Å²) in [5, 5.41) is 10.3. The van der Waals surface area contributed by atoms with Crippen molar-refractivity contribution in [2.75, 3.05) is 6.61 Å². The number of hydrogen-bond donors (Lipinski definition) is 1. The van der Waals surface area contributed by atoms with Crippen molar-refractivity contribution in [1.82, 2.24) is 0 Å². The molecule has 0 saturated heterocycles. The molecule has 8 heteroatoms. The maximum Gasteiger partial charge on any atom is 0 e. The fourth-order valence-corrected chi connectivity index (χ4v) is 3.64. The molecule has 1 aromatic rings. The average Bonchev–Trinajstić information content (AvgIpc) is 2.95. The maximum absolute atomic E-state index is 11.0. The van der Waals surface area contributed by atoms with E-state index < -0.39 is 11.7 Å². The third-order valence-corrected chi connectivity index (χ3v) is 5.54. The summed E-state index contributed by atoms with van der Waals surface area (Å²) in [6.07, 6.45) is 15.7. The molecule has 0 aliphatic heterocycles. The first-order valence-electron chi connectivity index (χ1n) is 12.6. The van der Waals surface area contributed by atoms with Gasteiger partial charge in [-0.25, -0.2) is 0 Å². The molecule has 1 atom stereocenters. The van der Waals surface area contributed by atoms with Crippen LogP contribution in [-0.4, -0.2) is 29.9 Å². The van der Waals surface area contributed by atoms with Crippen molar-refractivity contribution in [2.24, 2.45) is 0 Å². The Bertz CT molecular complexity index is 637. The summed E-state index contributed by atoms with van der Waals surface area (Å²) < 4.78 is 33.6. The Balaban J connectivity index is -0.000000767. The van der Waals surface area contributed by atoms with Gasteiger partial charge in [-0.1, -0.05) is 76.3 Å². The van der Waals surface area contributed by atoms with Gasteiger partial charge in [0.15, 0.2) is 0 Å². The second kappa shape index (κ2) is 35.3. The monoisotopic (exact) mass is 570 g/mol. The number of carbonyl (C=O) groups excluding carboxylic acids is 1. The van der Waals surface area contributed by atoms with E-state index in [0.29, 0.717) is 19.6 Å². The predicted molar refractivity (Wildman–Crippen MR) is 138 cm³/mol. The van der Waals surface area contributed by atoms with Crippen LogP contribution < -0.4 is 0 Å². The second-order valence-corrected chi connectivity index (χ2v) is 8.32. The van der Waals surface area contributed by atoms with Gasteiger partial charge in [0.05, 0.1) is 18.3 Å². The van der Waals surface area contributed by atoms with E-state index >= 15 is 0 Å². The van der Waals surface area contributed by atoms with Crippen LogP contribution in [0.15, 0.2) is 30.3 Å². The Morgan fingerprint density at radius 1 is 0.921 bits per heavy atom. The number of hydrogen-bond acceptors (Lipinski definition) is 4. The summed E-state index contributed by atoms with van der Waals surface area (Å²) in [7, 11) is 0. The van der Waals surface area contributed by atoms with Gasteiger partial charge >= 0.3 is 33.9 Å². The molecule has 1 N–H and O–H groups in total. The maximum atomic E-state index is 11.0. The van der Waals surface area contributed by atoms with Crippen molar-refractivity contribution in [2.45, 2.75) is 103 Å². The van der Waals surface area contributed by atoms with Gasteiger partial charge in [0.2, 0.25) is 0 Å². The molecule has 0 aromatic heterocycles. The molecule has 1 unspecified atom stereocenters. The summed E-state index contributed by atoms with van der Waals surface area (Å²) in [4.78, 5) is 11.0. The second-order valence-electron chi connectivity index (χ2n) is 8.32. The van der Waals surface area contributed by atoms with Crippen molar-refractivity contribution >= 4 is 6.47 Å². The fraction of sp³-hybridized carbons (Fsp3) is 0.567. The van der Waals surface area contributed by atoms with Crippen LogP contribution in [0.25, 0.3) is 0 Å². The van der Waals surface area contributed by atoms with Crippen LogP contribution in [0.1, 0.15) is 90.0 Å². The van der Waals surface area contributed by atoms with Gasteiger partial charge in [-0.05, 0) is 63.4 Å². The van der Waals surface area contributed by atoms with Gasteiger partial charge in [-0.2, -0.15) is 0 Å². The summed E-state index contributed by atoms with van der Waals surface area (Å²) in [6, 6.07) is 10.1. The van der Waals surface area contributed by atoms with Crippen LogP contribution in [0, 0.1) is 39.2 Å². The average molecular weight is 571 g/mol. The largest absolute Gasteiger partial charge is 0 e. The Hall–Kier alpha value is -1.65. The van der Waals surface area contributed by atoms with Crippen molar-refractivity contribution in [3.8, 4) is 0 Å². The molecule has 0 aliphatic carbocycles. The number of aliphatic hydroxyl groups excluding tert-OH is 1. The number of ether oxygens (including phenoxy) is 2. The van der Waals surface area contributed by atoms with Crippen molar-refractivity contribution in [3.63, 3.8) is 0 Å². The molecule has 38 heavy (non-hydrogen) atoms. The standard InChI is InChI=1S/C27H42O4.3CO.Fe/c1-3-5-11-19-27(31-24-28,20-12-6-4-2)21-14-18-26(29)17-10-13-22-30-23-25-15-8-7-9-16-25;3*1-2;/h7-9,14-16,18,21,26,29H,3-6,10-13,17,19-20,22-23H2,1-2H3;;;;/q-1;;;;. The van der Waals surface area contributed by atoms with E-state index in [-0.39, 0.29) is 17.1 Å². The zero-order chi connectivity index (χ0) is 28.6. The van der Waals surface area contributed by atoms with Crippen LogP contribution in [0.4, 0.5) is 0 Å². The molecule has 0 spiro atoms. The van der Waals surface area contributed by atoms with Crippen molar-refractivity contribution in [1.29, 1.82) is 0 Å². The first kappa shape index (κ1) is 43.4. The van der Waals surface area contributed by atoms with E-state index in [1.165, 1.54) is 5.56 Å². The van der Waals surface area contributed by atoms with E-state index in [1.54, 1.807) is 12.9 Å². The third-order valence-electron chi connectivity index (χ3n) is 5.54. The normalized spacial score (nSPS) is 10.4. The van der Waals surface area contributed by atoms with E-state index in [1.807, 2.05) is 31.0 Å². The van der Waals surface area contributed by atoms with Gasteiger partial charge < -0.3 is 19.4 Å². The summed E-state index contributed by atoms with van der Waals surface area (Å²) in [5.74, 6) is 0. The first-order valence-corrected chi connectivity index (χ1v) is 12.6. The fourth-order valence-electron chi connectivity index (χ4n) is 3.64. The Morgan fingerprint density at radius 3 is 1.97 bits per heavy atom. The molecule has 0 amide bonds. The van der Waals surface area contributed by atoms with Gasteiger partial charge in [-0.15, -0.1) is 0 Å². The molecule has 0 fully saturated rings. The number of unbranched alkanes of at least 4 members (excludes halogenated alkanes) is 5. The number of aliphatic hydroxyl groups is 1. The minimum atomic E-state index is -0.604. The molecule has 7 nitrogen and oxygen atoms in total. The molecular weight excluding hydrogens is 528 g/mol. The van der Waals surface area contributed by atoms with Crippen LogP contribution in [-0.2, 0) is 51.9 Å². The summed E-state index contributed by atoms with van der Waals surface area (Å²) in [5.41, 5.74) is 0.574. The Kier molecular flexibility index (Phi) is 40.4. The van der Waals surface area contributed by atoms with Gasteiger partial charge in [-0.3, -0.25) is 0 Å². The van der Waals surface area contributed by atoms with Crippen LogP contribution in [0.3, 0.4) is 0 Å². The van der Waals surface area contributed by atoms with Gasteiger partial charge in [0, 0.05) is 30.1 Å². The Labute approximate surface area is 241 Å². The van der Waals surface area contributed by atoms with E-state index in [2.05, 4.69) is 45.9 Å². The van der Waals surface area contributed by atoms with Crippen molar-refractivity contribution in [3.05, 3.63) is 75.1 Å². The van der Waals surface area contributed by atoms with E-state index in [9.17, 15) is 9.90 Å². The quantitative estimate of drug-likeness (QED) is 0.0818. The zero-order valence-electron chi connectivity index (χ0n) is 22.6. The molecule has 3 radical (unpaired) electrons. The minimum Gasteiger partial charge on any atom is 0 e. The summed E-state index contributed by atoms with van der Waals surface area (Å²) in [6.45, 7) is 20.8. The van der Waals surface area contributed by atoms with Crippen LogP contribution in [0.2, 0.25) is 0 Å². The third kappa shape index (κ3) is 26.0. The zero-order valence-corrected chi connectivity index (χ0v) is 23.7. The van der Waals surface area contributed by atoms with E-state index in [4.69, 9.17) is 23.4 Å². The predicted octanol–water partition coefficient (Wildman–Crippen LogP) is 6.22. The smallest absolute Gasteiger partial charge is 0 e. The molecule has 1 aromatic carbocycles. The van der Waals surface area contributed by atoms with Gasteiger partial charge in [0.1, 0.15) is 0 Å². The topological polar surface area (TPSA) is 115 Å². The first-order chi connectivity index (χ1) is 18.2. The minimum absolute atomic E-state index is 0. The van der Waals surface area contributed by atoms with Crippen molar-refractivity contribution < 1.29 is 50.4 Å². The molecule has 0 saturated carbocycles. The SMILES string of the molecule is CCCCCC([CH][CH][CH]C(O)CCCCOCc1ccccc1)(CCCCC)O[C-]=O.[C-]#[O+].[C-]#[O+].[C-]#[O+].[Fe]. The molecule has 0 heterocycles. The van der Waals surface area contributed by atoms with Gasteiger partial charge in [0.25, 0.3) is 0 Å². The molecule has 0 bridgehead atoms. The van der Waals surface area contributed by atoms with E-state index in [0.717, 1.165) is 64.2 Å². The molecular formula is C30H42FeO7-. The molecule has 0 aliphatic rings. The number of benzene rings is 1. The Morgan fingerprint density at radius 2 is 1.47 bits per heavy atom. The van der Waals surface area contributed by atoms with Crippen LogP contribution >= 0.6 is 0 Å². The summed E-state index contributed by atoms with van der Waals surface area (Å²) >= 11 is 0.